The molecular weight excluding hydrogens is 274 g/mol. The second-order valence-corrected chi connectivity index (χ2v) is 6.70. The summed E-state index contributed by atoms with van der Waals surface area (Å²) in [5.74, 6) is 0. The molecule has 0 aliphatic rings. The minimum atomic E-state index is -3.51. The van der Waals surface area contributed by atoms with Crippen LogP contribution >= 0.6 is 0 Å². The first-order valence-corrected chi connectivity index (χ1v) is 7.94. The summed E-state index contributed by atoms with van der Waals surface area (Å²) in [6.07, 6.45) is 3.48. The summed E-state index contributed by atoms with van der Waals surface area (Å²) in [5.41, 5.74) is 1.67. The molecule has 0 bridgehead atoms. The fourth-order valence-corrected chi connectivity index (χ4v) is 3.62. The van der Waals surface area contributed by atoms with Crippen LogP contribution in [0.3, 0.4) is 0 Å². The van der Waals surface area contributed by atoms with Gasteiger partial charge in [-0.25, -0.2) is 13.1 Å². The molecule has 6 heteroatoms. The number of hydrogen-bond donors (Lipinski definition) is 1. The number of hydrogen-bond acceptors (Lipinski definition) is 3. The van der Waals surface area contributed by atoms with Gasteiger partial charge in [0.2, 0.25) is 10.0 Å². The molecule has 0 unspecified atom stereocenters. The molecule has 0 aliphatic heterocycles. The van der Waals surface area contributed by atoms with Crippen molar-refractivity contribution in [2.45, 2.75) is 38.3 Å². The molecule has 0 saturated carbocycles. The molecule has 108 valence electrons. The molecule has 0 radical (unpaired) electrons. The predicted octanol–water partition coefficient (Wildman–Crippen LogP) is 1.87. The smallest absolute Gasteiger partial charge is 0.241 e. The SMILES string of the molecule is Cc1ccc(C)c(S(=O)(=O)N[C@@H](C)Cn2cccn2)c1. The molecule has 5 nitrogen and oxygen atoms in total. The molecule has 0 saturated heterocycles. The maximum atomic E-state index is 12.4. The zero-order chi connectivity index (χ0) is 14.8. The molecular formula is C14H19N3O2S. The Morgan fingerprint density at radius 2 is 2.10 bits per heavy atom. The Balaban J connectivity index is 2.16. The van der Waals surface area contributed by atoms with Crippen molar-refractivity contribution < 1.29 is 8.42 Å². The van der Waals surface area contributed by atoms with Gasteiger partial charge in [0.25, 0.3) is 0 Å². The number of rotatable bonds is 5. The van der Waals surface area contributed by atoms with Crippen LogP contribution in [0, 0.1) is 13.8 Å². The lowest BCUT2D eigenvalue weighted by Gasteiger charge is -2.16. The van der Waals surface area contributed by atoms with E-state index >= 15 is 0 Å². The van der Waals surface area contributed by atoms with Crippen LogP contribution in [0.1, 0.15) is 18.1 Å². The van der Waals surface area contributed by atoms with Crippen LogP contribution in [0.5, 0.6) is 0 Å². The van der Waals surface area contributed by atoms with E-state index in [1.165, 1.54) is 0 Å². The highest BCUT2D eigenvalue weighted by Crippen LogP contribution is 2.17. The molecule has 1 N–H and O–H groups in total. The Kier molecular flexibility index (Phi) is 4.25. The first-order valence-electron chi connectivity index (χ1n) is 6.45. The van der Waals surface area contributed by atoms with Gasteiger partial charge < -0.3 is 0 Å². The zero-order valence-electron chi connectivity index (χ0n) is 11.9. The molecule has 1 heterocycles. The summed E-state index contributed by atoms with van der Waals surface area (Å²) in [7, 11) is -3.51. The third kappa shape index (κ3) is 3.46. The minimum absolute atomic E-state index is 0.236. The van der Waals surface area contributed by atoms with Crippen LogP contribution in [0.2, 0.25) is 0 Å². The number of aryl methyl sites for hydroxylation is 2. The molecule has 2 rings (SSSR count). The average molecular weight is 293 g/mol. The molecule has 0 aliphatic carbocycles. The van der Waals surface area contributed by atoms with E-state index in [-0.39, 0.29) is 6.04 Å². The van der Waals surface area contributed by atoms with E-state index in [1.807, 2.05) is 38.2 Å². The summed E-state index contributed by atoms with van der Waals surface area (Å²) in [4.78, 5) is 0.338. The molecule has 2 aromatic rings. The summed E-state index contributed by atoms with van der Waals surface area (Å²) in [6, 6.07) is 6.99. The quantitative estimate of drug-likeness (QED) is 0.915. The Hall–Kier alpha value is -1.66. The van der Waals surface area contributed by atoms with Gasteiger partial charge in [-0.05, 0) is 44.0 Å². The van der Waals surface area contributed by atoms with Crippen LogP contribution in [0.4, 0.5) is 0 Å². The van der Waals surface area contributed by atoms with Gasteiger partial charge in [0.1, 0.15) is 0 Å². The maximum Gasteiger partial charge on any atom is 0.241 e. The molecule has 0 spiro atoms. The topological polar surface area (TPSA) is 64.0 Å². The van der Waals surface area contributed by atoms with Gasteiger partial charge in [0.15, 0.2) is 0 Å². The maximum absolute atomic E-state index is 12.4. The van der Waals surface area contributed by atoms with Gasteiger partial charge in [-0.3, -0.25) is 4.68 Å². The highest BCUT2D eigenvalue weighted by atomic mass is 32.2. The first kappa shape index (κ1) is 14.7. The Bertz CT molecular complexity index is 678. The van der Waals surface area contributed by atoms with Crippen LogP contribution < -0.4 is 4.72 Å². The second-order valence-electron chi connectivity index (χ2n) is 5.02. The van der Waals surface area contributed by atoms with Gasteiger partial charge in [-0.2, -0.15) is 5.10 Å². The van der Waals surface area contributed by atoms with Crippen LogP contribution in [-0.4, -0.2) is 24.2 Å². The summed E-state index contributed by atoms with van der Waals surface area (Å²) < 4.78 is 29.2. The fraction of sp³-hybridized carbons (Fsp3) is 0.357. The normalized spacial score (nSPS) is 13.3. The third-order valence-electron chi connectivity index (χ3n) is 3.01. The van der Waals surface area contributed by atoms with Gasteiger partial charge in [0, 0.05) is 18.4 Å². The van der Waals surface area contributed by atoms with Crippen molar-refractivity contribution in [2.24, 2.45) is 0 Å². The van der Waals surface area contributed by atoms with E-state index in [0.717, 1.165) is 11.1 Å². The number of nitrogens with one attached hydrogen (secondary N) is 1. The van der Waals surface area contributed by atoms with Crippen LogP contribution in [0.15, 0.2) is 41.6 Å². The Morgan fingerprint density at radius 3 is 2.75 bits per heavy atom. The van der Waals surface area contributed by atoms with Crippen molar-refractivity contribution >= 4 is 10.0 Å². The van der Waals surface area contributed by atoms with Crippen LogP contribution in [0.25, 0.3) is 0 Å². The summed E-state index contributed by atoms with van der Waals surface area (Å²) >= 11 is 0. The lowest BCUT2D eigenvalue weighted by atomic mass is 10.2. The van der Waals surface area contributed by atoms with Gasteiger partial charge >= 0.3 is 0 Å². The predicted molar refractivity (Wildman–Crippen MR) is 77.9 cm³/mol. The van der Waals surface area contributed by atoms with Crippen molar-refractivity contribution in [3.63, 3.8) is 0 Å². The fourth-order valence-electron chi connectivity index (χ4n) is 2.05. The summed E-state index contributed by atoms with van der Waals surface area (Å²) in [5, 5.41) is 4.07. The lowest BCUT2D eigenvalue weighted by Crippen LogP contribution is -2.36. The van der Waals surface area contributed by atoms with E-state index in [1.54, 1.807) is 23.9 Å². The standard InChI is InChI=1S/C14H19N3O2S/c1-11-5-6-12(2)14(9-11)20(18,19)16-13(3)10-17-8-4-7-15-17/h4-9,13,16H,10H2,1-3H3/t13-/m0/s1. The van der Waals surface area contributed by atoms with Crippen LogP contribution in [-0.2, 0) is 16.6 Å². The van der Waals surface area contributed by atoms with Crippen molar-refractivity contribution in [3.05, 3.63) is 47.8 Å². The van der Waals surface area contributed by atoms with E-state index in [0.29, 0.717) is 11.4 Å². The average Bonchev–Trinajstić information content (AvgIpc) is 2.84. The van der Waals surface area contributed by atoms with Crippen molar-refractivity contribution in [3.8, 4) is 0 Å². The molecule has 0 fully saturated rings. The number of nitrogens with zero attached hydrogens (tertiary/aromatic N) is 2. The van der Waals surface area contributed by atoms with Crippen molar-refractivity contribution in [1.29, 1.82) is 0 Å². The number of benzene rings is 1. The third-order valence-corrected chi connectivity index (χ3v) is 4.74. The van der Waals surface area contributed by atoms with E-state index in [4.69, 9.17) is 0 Å². The summed E-state index contributed by atoms with van der Waals surface area (Å²) in [6.45, 7) is 6.00. The molecule has 1 aromatic heterocycles. The Morgan fingerprint density at radius 1 is 1.35 bits per heavy atom. The Labute approximate surface area is 119 Å². The highest BCUT2D eigenvalue weighted by molar-refractivity contribution is 7.89. The van der Waals surface area contributed by atoms with Gasteiger partial charge in [0.05, 0.1) is 11.4 Å². The minimum Gasteiger partial charge on any atom is -0.271 e. The zero-order valence-corrected chi connectivity index (χ0v) is 12.7. The van der Waals surface area contributed by atoms with E-state index in [9.17, 15) is 8.42 Å². The van der Waals surface area contributed by atoms with Gasteiger partial charge in [-0.1, -0.05) is 12.1 Å². The molecule has 1 atom stereocenters. The van der Waals surface area contributed by atoms with Crippen molar-refractivity contribution in [2.75, 3.05) is 0 Å². The van der Waals surface area contributed by atoms with E-state index < -0.39 is 10.0 Å². The number of aromatic nitrogens is 2. The molecule has 20 heavy (non-hydrogen) atoms. The molecule has 1 aromatic carbocycles. The monoisotopic (exact) mass is 293 g/mol. The lowest BCUT2D eigenvalue weighted by molar-refractivity contribution is 0.493. The largest absolute Gasteiger partial charge is 0.271 e. The van der Waals surface area contributed by atoms with E-state index in [2.05, 4.69) is 9.82 Å². The van der Waals surface area contributed by atoms with Gasteiger partial charge in [-0.15, -0.1) is 0 Å². The van der Waals surface area contributed by atoms with Crippen molar-refractivity contribution in [1.82, 2.24) is 14.5 Å². The highest BCUT2D eigenvalue weighted by Gasteiger charge is 2.19. The number of sulfonamides is 1. The second kappa shape index (κ2) is 5.76. The first-order chi connectivity index (χ1) is 9.38. The molecule has 0 amide bonds.